The van der Waals surface area contributed by atoms with E-state index < -0.39 is 0 Å². The minimum atomic E-state index is -0.0336. The van der Waals surface area contributed by atoms with E-state index in [-0.39, 0.29) is 18.7 Å². The monoisotopic (exact) mass is 250 g/mol. The molecular formula is C13H18N2O3. The third-order valence-electron chi connectivity index (χ3n) is 2.87. The molecule has 0 saturated heterocycles. The molecule has 5 nitrogen and oxygen atoms in total. The molecule has 0 radical (unpaired) electrons. The zero-order valence-corrected chi connectivity index (χ0v) is 10.7. The number of nitrogens with two attached hydrogens (primary N) is 1. The summed E-state index contributed by atoms with van der Waals surface area (Å²) < 4.78 is 10.5. The fraction of sp³-hybridized carbons (Fsp3) is 0.462. The molecule has 1 aromatic rings. The van der Waals surface area contributed by atoms with E-state index in [4.69, 9.17) is 15.2 Å². The van der Waals surface area contributed by atoms with Crippen LogP contribution in [0.15, 0.2) is 18.2 Å². The smallest absolute Gasteiger partial charge is 0.254 e. The summed E-state index contributed by atoms with van der Waals surface area (Å²) in [6.07, 6.45) is 0. The number of hydrogen-bond acceptors (Lipinski definition) is 4. The molecule has 1 aromatic carbocycles. The molecule has 18 heavy (non-hydrogen) atoms. The Kier molecular flexibility index (Phi) is 3.72. The van der Waals surface area contributed by atoms with Crippen molar-refractivity contribution in [2.45, 2.75) is 19.9 Å². The lowest BCUT2D eigenvalue weighted by atomic mass is 10.1. The van der Waals surface area contributed by atoms with Crippen LogP contribution in [0.5, 0.6) is 11.5 Å². The van der Waals surface area contributed by atoms with Gasteiger partial charge in [-0.2, -0.15) is 0 Å². The molecule has 1 amide bonds. The number of amides is 1. The van der Waals surface area contributed by atoms with Crippen molar-refractivity contribution >= 4 is 5.91 Å². The van der Waals surface area contributed by atoms with Gasteiger partial charge in [0, 0.05) is 24.7 Å². The van der Waals surface area contributed by atoms with Crippen molar-refractivity contribution in [3.8, 4) is 11.5 Å². The van der Waals surface area contributed by atoms with Crippen molar-refractivity contribution < 1.29 is 14.3 Å². The number of fused-ring (bicyclic) bond motifs is 1. The van der Waals surface area contributed by atoms with E-state index in [1.54, 1.807) is 23.1 Å². The maximum absolute atomic E-state index is 12.4. The summed E-state index contributed by atoms with van der Waals surface area (Å²) in [5.74, 6) is 1.27. The maximum atomic E-state index is 12.4. The van der Waals surface area contributed by atoms with Gasteiger partial charge in [-0.05, 0) is 32.0 Å². The highest BCUT2D eigenvalue weighted by Gasteiger charge is 2.21. The second-order valence-electron chi connectivity index (χ2n) is 4.45. The molecule has 2 N–H and O–H groups in total. The fourth-order valence-electron chi connectivity index (χ4n) is 1.93. The third-order valence-corrected chi connectivity index (χ3v) is 2.87. The largest absolute Gasteiger partial charge is 0.454 e. The van der Waals surface area contributed by atoms with Gasteiger partial charge in [0.1, 0.15) is 0 Å². The van der Waals surface area contributed by atoms with Gasteiger partial charge in [0.2, 0.25) is 6.79 Å². The Morgan fingerprint density at radius 1 is 1.39 bits per heavy atom. The predicted molar refractivity (Wildman–Crippen MR) is 67.8 cm³/mol. The Bertz CT molecular complexity index is 446. The molecule has 98 valence electrons. The summed E-state index contributed by atoms with van der Waals surface area (Å²) in [6.45, 7) is 5.16. The van der Waals surface area contributed by atoms with E-state index in [2.05, 4.69) is 0 Å². The number of hydrogen-bond donors (Lipinski definition) is 1. The number of ether oxygens (including phenoxy) is 2. The second-order valence-corrected chi connectivity index (χ2v) is 4.45. The van der Waals surface area contributed by atoms with Crippen LogP contribution in [0.25, 0.3) is 0 Å². The van der Waals surface area contributed by atoms with E-state index in [1.165, 1.54) is 0 Å². The van der Waals surface area contributed by atoms with Crippen molar-refractivity contribution in [2.24, 2.45) is 5.73 Å². The van der Waals surface area contributed by atoms with Crippen LogP contribution in [-0.2, 0) is 0 Å². The highest BCUT2D eigenvalue weighted by atomic mass is 16.7. The SMILES string of the molecule is CC(C)N(CCN)C(=O)c1ccc2c(c1)OCO2. The average molecular weight is 250 g/mol. The first kappa shape index (κ1) is 12.7. The second kappa shape index (κ2) is 5.27. The quantitative estimate of drug-likeness (QED) is 0.872. The van der Waals surface area contributed by atoms with Gasteiger partial charge in [0.25, 0.3) is 5.91 Å². The topological polar surface area (TPSA) is 64.8 Å². The van der Waals surface area contributed by atoms with Crippen LogP contribution >= 0.6 is 0 Å². The molecule has 2 rings (SSSR count). The minimum absolute atomic E-state index is 0.0336. The number of benzene rings is 1. The van der Waals surface area contributed by atoms with E-state index in [0.29, 0.717) is 30.2 Å². The van der Waals surface area contributed by atoms with Crippen molar-refractivity contribution in [3.05, 3.63) is 23.8 Å². The van der Waals surface area contributed by atoms with Crippen LogP contribution in [-0.4, -0.2) is 36.7 Å². The van der Waals surface area contributed by atoms with Crippen LogP contribution < -0.4 is 15.2 Å². The molecule has 0 aliphatic carbocycles. The first-order valence-corrected chi connectivity index (χ1v) is 6.04. The third kappa shape index (κ3) is 2.41. The normalized spacial score (nSPS) is 12.9. The van der Waals surface area contributed by atoms with Gasteiger partial charge in [-0.15, -0.1) is 0 Å². The fourth-order valence-corrected chi connectivity index (χ4v) is 1.93. The van der Waals surface area contributed by atoms with Gasteiger partial charge >= 0.3 is 0 Å². The highest BCUT2D eigenvalue weighted by Crippen LogP contribution is 2.32. The molecule has 0 fully saturated rings. The molecule has 0 spiro atoms. The highest BCUT2D eigenvalue weighted by molar-refractivity contribution is 5.95. The molecule has 0 atom stereocenters. The first-order chi connectivity index (χ1) is 8.63. The van der Waals surface area contributed by atoms with Crippen molar-refractivity contribution in [3.63, 3.8) is 0 Å². The van der Waals surface area contributed by atoms with E-state index in [1.807, 2.05) is 13.8 Å². The lowest BCUT2D eigenvalue weighted by molar-refractivity contribution is 0.0711. The molecule has 1 aliphatic rings. The summed E-state index contributed by atoms with van der Waals surface area (Å²) in [5, 5.41) is 0. The van der Waals surface area contributed by atoms with Crippen LogP contribution in [0.3, 0.4) is 0 Å². The minimum Gasteiger partial charge on any atom is -0.454 e. The summed E-state index contributed by atoms with van der Waals surface area (Å²) in [4.78, 5) is 14.1. The Hall–Kier alpha value is -1.75. The van der Waals surface area contributed by atoms with Crippen LogP contribution in [0, 0.1) is 0 Å². The van der Waals surface area contributed by atoms with Crippen molar-refractivity contribution in [1.29, 1.82) is 0 Å². The zero-order chi connectivity index (χ0) is 13.1. The van der Waals surface area contributed by atoms with Crippen LogP contribution in [0.4, 0.5) is 0 Å². The van der Waals surface area contributed by atoms with Gasteiger partial charge in [-0.25, -0.2) is 0 Å². The van der Waals surface area contributed by atoms with E-state index in [0.717, 1.165) is 0 Å². The number of carbonyl (C=O) groups excluding carboxylic acids is 1. The molecule has 0 bridgehead atoms. The number of nitrogens with zero attached hydrogens (tertiary/aromatic N) is 1. The lowest BCUT2D eigenvalue weighted by Gasteiger charge is -2.26. The molecule has 0 aromatic heterocycles. The Balaban J connectivity index is 2.22. The van der Waals surface area contributed by atoms with Gasteiger partial charge in [-0.3, -0.25) is 4.79 Å². The molecule has 5 heteroatoms. The number of rotatable bonds is 4. The standard InChI is InChI=1S/C13H18N2O3/c1-9(2)15(6-5-14)13(16)10-3-4-11-12(7-10)18-8-17-11/h3-4,7,9H,5-6,8,14H2,1-2H3. The Morgan fingerprint density at radius 3 is 2.78 bits per heavy atom. The molecule has 0 saturated carbocycles. The van der Waals surface area contributed by atoms with Crippen molar-refractivity contribution in [1.82, 2.24) is 4.90 Å². The van der Waals surface area contributed by atoms with E-state index in [9.17, 15) is 4.79 Å². The molecular weight excluding hydrogens is 232 g/mol. The first-order valence-electron chi connectivity index (χ1n) is 6.04. The van der Waals surface area contributed by atoms with Gasteiger partial charge in [0.05, 0.1) is 0 Å². The van der Waals surface area contributed by atoms with Gasteiger partial charge < -0.3 is 20.1 Å². The molecule has 1 aliphatic heterocycles. The van der Waals surface area contributed by atoms with Gasteiger partial charge in [-0.1, -0.05) is 0 Å². The van der Waals surface area contributed by atoms with Crippen LogP contribution in [0.2, 0.25) is 0 Å². The van der Waals surface area contributed by atoms with Crippen LogP contribution in [0.1, 0.15) is 24.2 Å². The van der Waals surface area contributed by atoms with E-state index >= 15 is 0 Å². The Labute approximate surface area is 106 Å². The summed E-state index contributed by atoms with van der Waals surface area (Å²) in [6, 6.07) is 5.35. The zero-order valence-electron chi connectivity index (χ0n) is 10.7. The number of carbonyl (C=O) groups is 1. The Morgan fingerprint density at radius 2 is 2.11 bits per heavy atom. The summed E-state index contributed by atoms with van der Waals surface area (Å²) in [5.41, 5.74) is 6.13. The summed E-state index contributed by atoms with van der Waals surface area (Å²) in [7, 11) is 0. The van der Waals surface area contributed by atoms with Crippen molar-refractivity contribution in [2.75, 3.05) is 19.9 Å². The lowest BCUT2D eigenvalue weighted by Crippen LogP contribution is -2.40. The maximum Gasteiger partial charge on any atom is 0.254 e. The molecule has 1 heterocycles. The summed E-state index contributed by atoms with van der Waals surface area (Å²) >= 11 is 0. The predicted octanol–water partition coefficient (Wildman–Crippen LogP) is 1.22. The van der Waals surface area contributed by atoms with Gasteiger partial charge in [0.15, 0.2) is 11.5 Å². The molecule has 0 unspecified atom stereocenters. The average Bonchev–Trinajstić information content (AvgIpc) is 2.81.